The molecule has 0 aromatic heterocycles. The maximum absolute atomic E-state index is 5.83. The highest BCUT2D eigenvalue weighted by Gasteiger charge is 2.15. The van der Waals surface area contributed by atoms with Crippen LogP contribution in [0.5, 0.6) is 5.75 Å². The molecule has 3 rings (SSSR count). The second kappa shape index (κ2) is 7.51. The van der Waals surface area contributed by atoms with Gasteiger partial charge in [-0.15, -0.1) is 0 Å². The molecular formula is C20H26N2O. The summed E-state index contributed by atoms with van der Waals surface area (Å²) < 4.78 is 5.83. The smallest absolute Gasteiger partial charge is 0.142 e. The van der Waals surface area contributed by atoms with E-state index < -0.39 is 0 Å². The van der Waals surface area contributed by atoms with Crippen LogP contribution in [0.1, 0.15) is 25.0 Å². The van der Waals surface area contributed by atoms with E-state index in [0.717, 1.165) is 37.4 Å². The minimum absolute atomic E-state index is 0.243. The van der Waals surface area contributed by atoms with E-state index in [0.29, 0.717) is 6.04 Å². The Morgan fingerprint density at radius 3 is 2.83 bits per heavy atom. The summed E-state index contributed by atoms with van der Waals surface area (Å²) in [6.45, 7) is 6.22. The molecule has 0 spiro atoms. The molecule has 0 radical (unpaired) electrons. The van der Waals surface area contributed by atoms with Crippen molar-refractivity contribution in [2.24, 2.45) is 0 Å². The van der Waals surface area contributed by atoms with Gasteiger partial charge in [0.2, 0.25) is 0 Å². The lowest BCUT2D eigenvalue weighted by molar-refractivity contribution is 0.226. The standard InChI is InChI=1S/C20H26N2O/c1-15(21-11-10-17-6-4-3-5-7-17)12-18-8-9-20-19(13-18)22-14-16(2)23-20/h3-9,13,15-16,21-22H,10-12,14H2,1-2H3. The maximum Gasteiger partial charge on any atom is 0.142 e. The van der Waals surface area contributed by atoms with Gasteiger partial charge < -0.3 is 15.4 Å². The summed E-state index contributed by atoms with van der Waals surface area (Å²) in [5, 5.41) is 7.06. The summed E-state index contributed by atoms with van der Waals surface area (Å²) in [6.07, 6.45) is 2.34. The molecule has 0 fully saturated rings. The molecule has 0 amide bonds. The minimum atomic E-state index is 0.243. The van der Waals surface area contributed by atoms with E-state index in [4.69, 9.17) is 4.74 Å². The predicted molar refractivity (Wildman–Crippen MR) is 96.3 cm³/mol. The monoisotopic (exact) mass is 310 g/mol. The second-order valence-corrected chi connectivity index (χ2v) is 6.43. The normalized spacial score (nSPS) is 17.7. The highest BCUT2D eigenvalue weighted by Crippen LogP contribution is 2.30. The molecule has 3 nitrogen and oxygen atoms in total. The molecule has 2 aromatic rings. The topological polar surface area (TPSA) is 33.3 Å². The number of hydrogen-bond acceptors (Lipinski definition) is 3. The first-order valence-corrected chi connectivity index (χ1v) is 8.51. The molecule has 0 aliphatic carbocycles. The summed E-state index contributed by atoms with van der Waals surface area (Å²) in [6, 6.07) is 17.6. The van der Waals surface area contributed by atoms with Crippen molar-refractivity contribution in [3.8, 4) is 5.75 Å². The van der Waals surface area contributed by atoms with Crippen LogP contribution in [0, 0.1) is 0 Å². The van der Waals surface area contributed by atoms with Crippen LogP contribution in [0.4, 0.5) is 5.69 Å². The van der Waals surface area contributed by atoms with Gasteiger partial charge in [-0.25, -0.2) is 0 Å². The summed E-state index contributed by atoms with van der Waals surface area (Å²) in [5.41, 5.74) is 3.85. The Labute approximate surface area is 139 Å². The third-order valence-electron chi connectivity index (χ3n) is 4.24. The van der Waals surface area contributed by atoms with Gasteiger partial charge in [-0.2, -0.15) is 0 Å². The molecule has 0 saturated heterocycles. The molecule has 1 aliphatic heterocycles. The quantitative estimate of drug-likeness (QED) is 0.854. The highest BCUT2D eigenvalue weighted by atomic mass is 16.5. The lowest BCUT2D eigenvalue weighted by Gasteiger charge is -2.25. The van der Waals surface area contributed by atoms with E-state index in [2.05, 4.69) is 73.0 Å². The largest absolute Gasteiger partial charge is 0.487 e. The number of hydrogen-bond donors (Lipinski definition) is 2. The van der Waals surface area contributed by atoms with Gasteiger partial charge in [0, 0.05) is 6.04 Å². The van der Waals surface area contributed by atoms with Crippen molar-refractivity contribution in [2.75, 3.05) is 18.4 Å². The van der Waals surface area contributed by atoms with E-state index in [9.17, 15) is 0 Å². The van der Waals surface area contributed by atoms with Crippen LogP contribution in [0.3, 0.4) is 0 Å². The third kappa shape index (κ3) is 4.49. The molecule has 23 heavy (non-hydrogen) atoms. The summed E-state index contributed by atoms with van der Waals surface area (Å²) >= 11 is 0. The zero-order chi connectivity index (χ0) is 16.1. The Morgan fingerprint density at radius 2 is 2.00 bits per heavy atom. The summed E-state index contributed by atoms with van der Waals surface area (Å²) in [5.74, 6) is 0.970. The number of fused-ring (bicyclic) bond motifs is 1. The van der Waals surface area contributed by atoms with Gasteiger partial charge in [0.25, 0.3) is 0 Å². The minimum Gasteiger partial charge on any atom is -0.487 e. The Bertz CT molecular complexity index is 627. The molecule has 1 aliphatic rings. The van der Waals surface area contributed by atoms with Crippen molar-refractivity contribution >= 4 is 5.69 Å². The fourth-order valence-corrected chi connectivity index (χ4v) is 2.99. The predicted octanol–water partition coefficient (Wildman–Crippen LogP) is 3.64. The number of rotatable bonds is 6. The van der Waals surface area contributed by atoms with Crippen LogP contribution < -0.4 is 15.4 Å². The van der Waals surface area contributed by atoms with Crippen LogP contribution >= 0.6 is 0 Å². The van der Waals surface area contributed by atoms with Crippen molar-refractivity contribution in [3.05, 3.63) is 59.7 Å². The van der Waals surface area contributed by atoms with Gasteiger partial charge in [0.1, 0.15) is 11.9 Å². The zero-order valence-electron chi connectivity index (χ0n) is 14.0. The molecule has 0 bridgehead atoms. The number of anilines is 1. The van der Waals surface area contributed by atoms with Crippen molar-refractivity contribution in [2.45, 2.75) is 38.8 Å². The average Bonchev–Trinajstić information content (AvgIpc) is 2.56. The SMILES string of the molecule is CC(Cc1ccc2c(c1)NCC(C)O2)NCCc1ccccc1. The van der Waals surface area contributed by atoms with Crippen molar-refractivity contribution in [1.82, 2.24) is 5.32 Å². The first-order chi connectivity index (χ1) is 11.2. The Hall–Kier alpha value is -2.00. The van der Waals surface area contributed by atoms with E-state index in [1.165, 1.54) is 11.1 Å². The molecule has 3 heteroatoms. The third-order valence-corrected chi connectivity index (χ3v) is 4.24. The highest BCUT2D eigenvalue weighted by molar-refractivity contribution is 5.59. The van der Waals surface area contributed by atoms with Crippen molar-refractivity contribution in [1.29, 1.82) is 0 Å². The van der Waals surface area contributed by atoms with E-state index in [1.54, 1.807) is 0 Å². The van der Waals surface area contributed by atoms with Gasteiger partial charge in [-0.05, 0) is 56.5 Å². The maximum atomic E-state index is 5.83. The van der Waals surface area contributed by atoms with Gasteiger partial charge >= 0.3 is 0 Å². The summed E-state index contributed by atoms with van der Waals surface area (Å²) in [4.78, 5) is 0. The molecule has 0 saturated carbocycles. The van der Waals surface area contributed by atoms with Crippen LogP contribution in [0.15, 0.2) is 48.5 Å². The molecule has 2 aromatic carbocycles. The van der Waals surface area contributed by atoms with Crippen LogP contribution in [-0.4, -0.2) is 25.2 Å². The van der Waals surface area contributed by atoms with E-state index in [-0.39, 0.29) is 6.10 Å². The number of benzene rings is 2. The van der Waals surface area contributed by atoms with Crippen molar-refractivity contribution in [3.63, 3.8) is 0 Å². The molecular weight excluding hydrogens is 284 g/mol. The van der Waals surface area contributed by atoms with Crippen LogP contribution in [0.25, 0.3) is 0 Å². The Kier molecular flexibility index (Phi) is 5.19. The van der Waals surface area contributed by atoms with Gasteiger partial charge in [-0.3, -0.25) is 0 Å². The molecule has 1 heterocycles. The first-order valence-electron chi connectivity index (χ1n) is 8.51. The molecule has 2 N–H and O–H groups in total. The van der Waals surface area contributed by atoms with Gasteiger partial charge in [0.05, 0.1) is 12.2 Å². The van der Waals surface area contributed by atoms with Crippen LogP contribution in [-0.2, 0) is 12.8 Å². The Morgan fingerprint density at radius 1 is 1.17 bits per heavy atom. The lowest BCUT2D eigenvalue weighted by atomic mass is 10.0. The second-order valence-electron chi connectivity index (χ2n) is 6.43. The van der Waals surface area contributed by atoms with Crippen LogP contribution in [0.2, 0.25) is 0 Å². The van der Waals surface area contributed by atoms with Gasteiger partial charge in [-0.1, -0.05) is 36.4 Å². The van der Waals surface area contributed by atoms with Gasteiger partial charge in [0.15, 0.2) is 0 Å². The average molecular weight is 310 g/mol. The summed E-state index contributed by atoms with van der Waals surface area (Å²) in [7, 11) is 0. The Balaban J connectivity index is 1.49. The molecule has 2 atom stereocenters. The first kappa shape index (κ1) is 15.9. The van der Waals surface area contributed by atoms with E-state index in [1.807, 2.05) is 0 Å². The number of ether oxygens (including phenoxy) is 1. The molecule has 122 valence electrons. The van der Waals surface area contributed by atoms with E-state index >= 15 is 0 Å². The number of nitrogens with one attached hydrogen (secondary N) is 2. The lowest BCUT2D eigenvalue weighted by Crippen LogP contribution is -2.30. The zero-order valence-corrected chi connectivity index (χ0v) is 14.0. The fraction of sp³-hybridized carbons (Fsp3) is 0.400. The molecule has 2 unspecified atom stereocenters. The van der Waals surface area contributed by atoms with Crippen molar-refractivity contribution < 1.29 is 4.74 Å². The fourth-order valence-electron chi connectivity index (χ4n) is 2.99.